The molecule has 0 saturated carbocycles. The average Bonchev–Trinajstić information content (AvgIpc) is 2.75. The molecule has 2 aliphatic heterocycles. The second kappa shape index (κ2) is 16.0. The van der Waals surface area contributed by atoms with Crippen LogP contribution in [0.25, 0.3) is 0 Å². The Hall–Kier alpha value is -0.650. The van der Waals surface area contributed by atoms with Gasteiger partial charge in [0.2, 0.25) is 5.91 Å². The number of hydrogen-bond donors (Lipinski definition) is 3. The van der Waals surface area contributed by atoms with Crippen molar-refractivity contribution in [3.05, 3.63) is 0 Å². The molecular weight excluding hydrogens is 507 g/mol. The van der Waals surface area contributed by atoms with Gasteiger partial charge in [-0.05, 0) is 57.7 Å². The summed E-state index contributed by atoms with van der Waals surface area (Å²) in [7, 11) is 1.84. The fraction of sp³-hybridized carbons (Fsp3) is 0.909. The van der Waals surface area contributed by atoms with Crippen molar-refractivity contribution in [1.82, 2.24) is 20.4 Å². The zero-order valence-electron chi connectivity index (χ0n) is 19.8. The van der Waals surface area contributed by atoms with Gasteiger partial charge in [-0.3, -0.25) is 14.7 Å². The first-order valence-corrected chi connectivity index (χ1v) is 11.8. The minimum Gasteiger partial charge on any atom is -0.379 e. The van der Waals surface area contributed by atoms with E-state index in [1.165, 1.54) is 6.42 Å². The van der Waals surface area contributed by atoms with Crippen LogP contribution in [0.5, 0.6) is 0 Å². The summed E-state index contributed by atoms with van der Waals surface area (Å²) >= 11 is 0. The van der Waals surface area contributed by atoms with Crippen LogP contribution in [-0.4, -0.2) is 93.8 Å². The Bertz CT molecular complexity index is 520. The molecule has 4 N–H and O–H groups in total. The van der Waals surface area contributed by atoms with Crippen molar-refractivity contribution in [2.75, 3.05) is 66.1 Å². The van der Waals surface area contributed by atoms with E-state index in [4.69, 9.17) is 10.5 Å². The van der Waals surface area contributed by atoms with E-state index in [1.807, 2.05) is 7.05 Å². The maximum Gasteiger partial charge on any atom is 0.220 e. The van der Waals surface area contributed by atoms with Crippen LogP contribution in [0.2, 0.25) is 0 Å². The van der Waals surface area contributed by atoms with Gasteiger partial charge in [0, 0.05) is 45.2 Å². The topological polar surface area (TPSA) is 95.2 Å². The minimum absolute atomic E-state index is 0. The van der Waals surface area contributed by atoms with Crippen LogP contribution in [0.15, 0.2) is 4.99 Å². The first-order valence-electron chi connectivity index (χ1n) is 11.8. The number of piperidine rings is 1. The van der Waals surface area contributed by atoms with Gasteiger partial charge in [-0.25, -0.2) is 0 Å². The highest BCUT2D eigenvalue weighted by Gasteiger charge is 2.23. The van der Waals surface area contributed by atoms with Crippen molar-refractivity contribution in [3.8, 4) is 0 Å². The summed E-state index contributed by atoms with van der Waals surface area (Å²) in [6.45, 7) is 13.2. The van der Waals surface area contributed by atoms with Gasteiger partial charge in [0.05, 0.1) is 13.2 Å². The summed E-state index contributed by atoms with van der Waals surface area (Å²) in [5.41, 5.74) is 5.41. The number of ether oxygens (including phenoxy) is 1. The molecule has 8 nitrogen and oxygen atoms in total. The lowest BCUT2D eigenvalue weighted by atomic mass is 9.96. The highest BCUT2D eigenvalue weighted by Crippen LogP contribution is 2.17. The van der Waals surface area contributed by atoms with E-state index in [0.29, 0.717) is 12.0 Å². The van der Waals surface area contributed by atoms with E-state index in [9.17, 15) is 4.79 Å². The van der Waals surface area contributed by atoms with E-state index in [-0.39, 0.29) is 35.8 Å². The van der Waals surface area contributed by atoms with Crippen molar-refractivity contribution >= 4 is 35.8 Å². The number of halogens is 1. The van der Waals surface area contributed by atoms with Gasteiger partial charge in [-0.2, -0.15) is 0 Å². The number of hydrogen-bond acceptors (Lipinski definition) is 5. The first kappa shape index (κ1) is 28.4. The molecule has 2 fully saturated rings. The highest BCUT2D eigenvalue weighted by molar-refractivity contribution is 14.0. The molecule has 2 rings (SSSR count). The number of primary amides is 1. The highest BCUT2D eigenvalue weighted by atomic mass is 127. The van der Waals surface area contributed by atoms with Crippen LogP contribution in [0.1, 0.15) is 46.0 Å². The molecule has 182 valence electrons. The van der Waals surface area contributed by atoms with Gasteiger partial charge < -0.3 is 26.0 Å². The quantitative estimate of drug-likeness (QED) is 0.156. The summed E-state index contributed by atoms with van der Waals surface area (Å²) in [4.78, 5) is 20.7. The van der Waals surface area contributed by atoms with Crippen molar-refractivity contribution in [3.63, 3.8) is 0 Å². The number of nitrogens with zero attached hydrogens (tertiary/aromatic N) is 3. The third-order valence-corrected chi connectivity index (χ3v) is 6.22. The summed E-state index contributed by atoms with van der Waals surface area (Å²) in [6, 6.07) is 0.510. The summed E-state index contributed by atoms with van der Waals surface area (Å²) < 4.78 is 5.52. The number of carbonyl (C=O) groups excluding carboxylic acids is 1. The summed E-state index contributed by atoms with van der Waals surface area (Å²) in [5.74, 6) is 1.50. The molecule has 0 aromatic carbocycles. The SMILES string of the molecule is CN=C(NCCCCN1CCC(C(N)=O)CC1)NCC(CC(C)C)N1CCOCC1.I. The maximum absolute atomic E-state index is 11.3. The van der Waals surface area contributed by atoms with Crippen LogP contribution in [-0.2, 0) is 9.53 Å². The monoisotopic (exact) mass is 552 g/mol. The number of aliphatic imine (C=N–C) groups is 1. The molecule has 0 aliphatic carbocycles. The van der Waals surface area contributed by atoms with Gasteiger partial charge in [0.15, 0.2) is 5.96 Å². The van der Waals surface area contributed by atoms with E-state index in [1.54, 1.807) is 0 Å². The van der Waals surface area contributed by atoms with Gasteiger partial charge in [-0.1, -0.05) is 13.8 Å². The number of amides is 1. The fourth-order valence-corrected chi connectivity index (χ4v) is 4.39. The van der Waals surface area contributed by atoms with E-state index in [2.05, 4.69) is 39.3 Å². The maximum atomic E-state index is 11.3. The van der Waals surface area contributed by atoms with E-state index < -0.39 is 0 Å². The van der Waals surface area contributed by atoms with Crippen molar-refractivity contribution in [1.29, 1.82) is 0 Å². The number of unbranched alkanes of at least 4 members (excludes halogenated alkanes) is 1. The molecule has 1 unspecified atom stereocenters. The number of nitrogens with one attached hydrogen (secondary N) is 2. The van der Waals surface area contributed by atoms with Crippen LogP contribution < -0.4 is 16.4 Å². The average molecular weight is 553 g/mol. The van der Waals surface area contributed by atoms with Crippen LogP contribution >= 0.6 is 24.0 Å². The van der Waals surface area contributed by atoms with Gasteiger partial charge in [0.1, 0.15) is 0 Å². The third kappa shape index (κ3) is 11.2. The predicted octanol–water partition coefficient (Wildman–Crippen LogP) is 1.49. The lowest BCUT2D eigenvalue weighted by Crippen LogP contribution is -2.51. The van der Waals surface area contributed by atoms with Crippen LogP contribution in [0.3, 0.4) is 0 Å². The van der Waals surface area contributed by atoms with E-state index >= 15 is 0 Å². The van der Waals surface area contributed by atoms with Crippen LogP contribution in [0.4, 0.5) is 0 Å². The molecule has 0 aromatic heterocycles. The molecule has 0 radical (unpaired) electrons. The van der Waals surface area contributed by atoms with Crippen molar-refractivity contribution in [2.24, 2.45) is 22.6 Å². The standard InChI is InChI=1S/C22H44N6O2.HI/c1-18(2)16-20(28-12-14-30-15-13-28)17-26-22(24-3)25-8-4-5-9-27-10-6-19(7-11-27)21(23)29;/h18-20H,4-17H2,1-3H3,(H2,23,29)(H2,24,25,26);1H. The Kier molecular flexibility index (Phi) is 14.7. The van der Waals surface area contributed by atoms with Crippen molar-refractivity contribution in [2.45, 2.75) is 52.0 Å². The third-order valence-electron chi connectivity index (χ3n) is 6.22. The zero-order valence-corrected chi connectivity index (χ0v) is 22.1. The van der Waals surface area contributed by atoms with Gasteiger partial charge >= 0.3 is 0 Å². The Morgan fingerprint density at radius 1 is 1.13 bits per heavy atom. The first-order chi connectivity index (χ1) is 14.5. The molecule has 0 spiro atoms. The predicted molar refractivity (Wildman–Crippen MR) is 138 cm³/mol. The van der Waals surface area contributed by atoms with Crippen LogP contribution in [0, 0.1) is 11.8 Å². The lowest BCUT2D eigenvalue weighted by molar-refractivity contribution is -0.123. The Balaban J connectivity index is 0.00000480. The number of morpholine rings is 1. The molecule has 2 saturated heterocycles. The largest absolute Gasteiger partial charge is 0.379 e. The Morgan fingerprint density at radius 3 is 2.39 bits per heavy atom. The second-order valence-electron chi connectivity index (χ2n) is 9.04. The molecule has 0 aromatic rings. The number of nitrogens with two attached hydrogens (primary N) is 1. The molecule has 0 bridgehead atoms. The minimum atomic E-state index is -0.137. The number of likely N-dealkylation sites (tertiary alicyclic amines) is 1. The second-order valence-corrected chi connectivity index (χ2v) is 9.04. The Morgan fingerprint density at radius 2 is 1.81 bits per heavy atom. The van der Waals surface area contributed by atoms with Gasteiger partial charge in [-0.15, -0.1) is 24.0 Å². The van der Waals surface area contributed by atoms with Crippen molar-refractivity contribution < 1.29 is 9.53 Å². The molecule has 2 aliphatic rings. The number of carbonyl (C=O) groups is 1. The fourth-order valence-electron chi connectivity index (χ4n) is 4.39. The number of guanidine groups is 1. The normalized spacial score (nSPS) is 20.3. The molecule has 9 heteroatoms. The molecule has 31 heavy (non-hydrogen) atoms. The summed E-state index contributed by atoms with van der Waals surface area (Å²) in [6.07, 6.45) is 5.25. The Labute approximate surface area is 206 Å². The van der Waals surface area contributed by atoms with Gasteiger partial charge in [0.25, 0.3) is 0 Å². The lowest BCUT2D eigenvalue weighted by Gasteiger charge is -2.35. The van der Waals surface area contributed by atoms with E-state index in [0.717, 1.165) is 90.7 Å². The smallest absolute Gasteiger partial charge is 0.220 e. The molecular formula is C22H45IN6O2. The zero-order chi connectivity index (χ0) is 21.8. The summed E-state index contributed by atoms with van der Waals surface area (Å²) in [5, 5.41) is 6.99. The molecule has 1 amide bonds. The molecule has 1 atom stereocenters. The number of rotatable bonds is 11. The molecule has 2 heterocycles.